The summed E-state index contributed by atoms with van der Waals surface area (Å²) < 4.78 is 12.7. The minimum atomic E-state index is -0.864. The molecule has 2 aromatic rings. The zero-order valence-corrected chi connectivity index (χ0v) is 19.1. The highest BCUT2D eigenvalue weighted by Crippen LogP contribution is 2.26. The van der Waals surface area contributed by atoms with Crippen molar-refractivity contribution in [3.63, 3.8) is 0 Å². The Morgan fingerprint density at radius 3 is 1.24 bits per heavy atom. The van der Waals surface area contributed by atoms with Gasteiger partial charge >= 0.3 is 0 Å². The molecule has 0 heterocycles. The van der Waals surface area contributed by atoms with Crippen molar-refractivity contribution in [2.75, 3.05) is 0 Å². The molecule has 0 radical (unpaired) electrons. The summed E-state index contributed by atoms with van der Waals surface area (Å²) in [6.45, 7) is 0.892. The second kappa shape index (κ2) is 11.8. The van der Waals surface area contributed by atoms with Crippen LogP contribution in [0.2, 0.25) is 0 Å². The van der Waals surface area contributed by atoms with Crippen LogP contribution in [0, 0.1) is 47.4 Å². The molecule has 0 saturated heterocycles. The molecule has 2 aliphatic rings. The number of hydrogen-bond acceptors (Lipinski definition) is 2. The maximum absolute atomic E-state index is 6.36. The van der Waals surface area contributed by atoms with E-state index in [1.165, 1.54) is 0 Å². The maximum atomic E-state index is 6.36. The van der Waals surface area contributed by atoms with E-state index in [-0.39, 0.29) is 0 Å². The van der Waals surface area contributed by atoms with Gasteiger partial charge in [0, 0.05) is 0 Å². The predicted octanol–water partition coefficient (Wildman–Crippen LogP) is 5.61. The van der Waals surface area contributed by atoms with Crippen molar-refractivity contribution in [3.05, 3.63) is 96.1 Å². The highest BCUT2D eigenvalue weighted by atomic mass is 16.5. The van der Waals surface area contributed by atoms with Crippen LogP contribution < -0.4 is 0 Å². The molecule has 166 valence electrons. The van der Waals surface area contributed by atoms with E-state index in [1.807, 2.05) is 60.7 Å². The van der Waals surface area contributed by atoms with Crippen LogP contribution in [0.1, 0.15) is 36.8 Å². The SMILES string of the molecule is C1#CC2(OCc3ccccc3)C#C/C=C\C#CC(OCc3ccccc3)(C#C/C=C\1)CCCC2. The second-order valence-corrected chi connectivity index (χ2v) is 8.15. The van der Waals surface area contributed by atoms with Gasteiger partial charge in [-0.3, -0.25) is 0 Å². The summed E-state index contributed by atoms with van der Waals surface area (Å²) in [5, 5.41) is 0. The van der Waals surface area contributed by atoms with Gasteiger partial charge in [0.15, 0.2) is 11.2 Å². The van der Waals surface area contributed by atoms with E-state index < -0.39 is 11.2 Å². The Morgan fingerprint density at radius 1 is 0.529 bits per heavy atom. The molecular weight excluding hydrogens is 416 g/mol. The highest BCUT2D eigenvalue weighted by Gasteiger charge is 2.30. The van der Waals surface area contributed by atoms with Gasteiger partial charge in [-0.05, 0) is 84.8 Å². The number of rotatable bonds is 6. The number of fused-ring (bicyclic) bond motifs is 5. The molecule has 2 aliphatic carbocycles. The monoisotopic (exact) mass is 442 g/mol. The third-order valence-electron chi connectivity index (χ3n) is 5.56. The van der Waals surface area contributed by atoms with Crippen LogP contribution in [0.5, 0.6) is 0 Å². The molecule has 0 amide bonds. The van der Waals surface area contributed by atoms with Crippen molar-refractivity contribution in [1.82, 2.24) is 0 Å². The zero-order chi connectivity index (χ0) is 23.4. The largest absolute Gasteiger partial charge is 0.346 e. The Morgan fingerprint density at radius 2 is 0.882 bits per heavy atom. The van der Waals surface area contributed by atoms with Crippen LogP contribution in [0.15, 0.2) is 85.0 Å². The maximum Gasteiger partial charge on any atom is 0.191 e. The summed E-state index contributed by atoms with van der Waals surface area (Å²) in [6, 6.07) is 20.2. The molecule has 2 heteroatoms. The average molecular weight is 443 g/mol. The minimum absolute atomic E-state index is 0.446. The van der Waals surface area contributed by atoms with Gasteiger partial charge < -0.3 is 9.47 Å². The van der Waals surface area contributed by atoms with Gasteiger partial charge in [-0.25, -0.2) is 0 Å². The summed E-state index contributed by atoms with van der Waals surface area (Å²) in [6.07, 6.45) is 10.1. The van der Waals surface area contributed by atoms with E-state index in [0.29, 0.717) is 26.1 Å². The first-order valence-electron chi connectivity index (χ1n) is 11.5. The summed E-state index contributed by atoms with van der Waals surface area (Å²) in [5.74, 6) is 25.5. The average Bonchev–Trinajstić information content (AvgIpc) is 2.87. The molecule has 0 aromatic heterocycles. The Bertz CT molecular complexity index is 1120. The summed E-state index contributed by atoms with van der Waals surface area (Å²) >= 11 is 0. The Kier molecular flexibility index (Phi) is 8.07. The van der Waals surface area contributed by atoms with E-state index in [2.05, 4.69) is 47.4 Å². The predicted molar refractivity (Wildman–Crippen MR) is 136 cm³/mol. The topological polar surface area (TPSA) is 18.5 Å². The number of allylic oxidation sites excluding steroid dienone is 4. The lowest BCUT2D eigenvalue weighted by Gasteiger charge is -2.26. The summed E-state index contributed by atoms with van der Waals surface area (Å²) in [7, 11) is 0. The van der Waals surface area contributed by atoms with Crippen LogP contribution in [0.3, 0.4) is 0 Å². The van der Waals surface area contributed by atoms with E-state index in [0.717, 1.165) is 24.0 Å². The third kappa shape index (κ3) is 6.79. The molecule has 2 aromatic carbocycles. The molecule has 4 rings (SSSR count). The van der Waals surface area contributed by atoms with Gasteiger partial charge in [0.05, 0.1) is 13.2 Å². The van der Waals surface area contributed by atoms with Crippen molar-refractivity contribution in [2.45, 2.75) is 50.1 Å². The lowest BCUT2D eigenvalue weighted by molar-refractivity contribution is 0.0120. The molecule has 0 fully saturated rings. The first-order chi connectivity index (χ1) is 16.8. The number of benzene rings is 2. The van der Waals surface area contributed by atoms with Crippen molar-refractivity contribution >= 4 is 0 Å². The van der Waals surface area contributed by atoms with Crippen LogP contribution in [-0.2, 0) is 22.7 Å². The summed E-state index contributed by atoms with van der Waals surface area (Å²) in [4.78, 5) is 0. The molecule has 2 nitrogen and oxygen atoms in total. The van der Waals surface area contributed by atoms with Gasteiger partial charge in [0.25, 0.3) is 0 Å². The lowest BCUT2D eigenvalue weighted by Crippen LogP contribution is -2.31. The van der Waals surface area contributed by atoms with Crippen molar-refractivity contribution in [1.29, 1.82) is 0 Å². The van der Waals surface area contributed by atoms with E-state index in [1.54, 1.807) is 24.3 Å². The first-order valence-corrected chi connectivity index (χ1v) is 11.5. The fraction of sp³-hybridized carbons (Fsp3) is 0.250. The molecule has 0 aliphatic heterocycles. The van der Waals surface area contributed by atoms with Crippen molar-refractivity contribution in [2.24, 2.45) is 0 Å². The van der Waals surface area contributed by atoms with Crippen LogP contribution in [0.25, 0.3) is 0 Å². The molecule has 34 heavy (non-hydrogen) atoms. The molecule has 0 saturated carbocycles. The smallest absolute Gasteiger partial charge is 0.191 e. The van der Waals surface area contributed by atoms with E-state index in [4.69, 9.17) is 9.47 Å². The van der Waals surface area contributed by atoms with E-state index >= 15 is 0 Å². The lowest BCUT2D eigenvalue weighted by atomic mass is 9.91. The third-order valence-corrected chi connectivity index (χ3v) is 5.56. The molecule has 0 N–H and O–H groups in total. The zero-order valence-electron chi connectivity index (χ0n) is 19.1. The Balaban J connectivity index is 1.62. The van der Waals surface area contributed by atoms with Gasteiger partial charge in [-0.2, -0.15) is 0 Å². The van der Waals surface area contributed by atoms with Gasteiger partial charge in [0.1, 0.15) is 0 Å². The second-order valence-electron chi connectivity index (χ2n) is 8.15. The fourth-order valence-electron chi connectivity index (χ4n) is 3.71. The standard InChI is InChI=1S/C32H26O2/c1-2-12-22-32(34-28-30-19-9-6-10-20-30)24-14-4-3-13-23-31(21-11-1,25-15-16-26-32)33-27-29-17-7-5-8-18-29/h1-10,17-20H,15-16,25-28H2/b2-1-,4-3-. The normalized spacial score (nSPS) is 24.6. The Labute approximate surface area is 203 Å². The van der Waals surface area contributed by atoms with Gasteiger partial charge in [-0.1, -0.05) is 84.3 Å². The summed E-state index contributed by atoms with van der Waals surface area (Å²) in [5.41, 5.74) is 0.456. The molecule has 0 spiro atoms. The molecule has 2 bridgehead atoms. The van der Waals surface area contributed by atoms with Crippen molar-refractivity contribution < 1.29 is 9.47 Å². The molecular formula is C32H26O2. The first kappa shape index (κ1) is 23.2. The number of hydrogen-bond donors (Lipinski definition) is 0. The van der Waals surface area contributed by atoms with Crippen LogP contribution >= 0.6 is 0 Å². The number of ether oxygens (including phenoxy) is 2. The van der Waals surface area contributed by atoms with Crippen LogP contribution in [-0.4, -0.2) is 11.2 Å². The Hall–Kier alpha value is -3.92. The quantitative estimate of drug-likeness (QED) is 0.542. The fourth-order valence-corrected chi connectivity index (χ4v) is 3.71. The molecule has 0 atom stereocenters. The van der Waals surface area contributed by atoms with Crippen molar-refractivity contribution in [3.8, 4) is 47.4 Å². The van der Waals surface area contributed by atoms with Crippen LogP contribution in [0.4, 0.5) is 0 Å². The highest BCUT2D eigenvalue weighted by molar-refractivity contribution is 5.42. The molecule has 0 unspecified atom stereocenters. The van der Waals surface area contributed by atoms with Gasteiger partial charge in [-0.15, -0.1) is 0 Å². The minimum Gasteiger partial charge on any atom is -0.346 e. The van der Waals surface area contributed by atoms with Gasteiger partial charge in [0.2, 0.25) is 0 Å². The van der Waals surface area contributed by atoms with E-state index in [9.17, 15) is 0 Å².